The fraction of sp³-hybridized carbons (Fsp3) is 0.294. The second-order valence-corrected chi connectivity index (χ2v) is 5.35. The highest BCUT2D eigenvalue weighted by molar-refractivity contribution is 5.92. The molecule has 0 radical (unpaired) electrons. The van der Waals surface area contributed by atoms with E-state index in [0.717, 1.165) is 36.5 Å². The van der Waals surface area contributed by atoms with Gasteiger partial charge in [-0.25, -0.2) is 14.8 Å². The van der Waals surface area contributed by atoms with Crippen molar-refractivity contribution in [2.24, 2.45) is 0 Å². The zero-order valence-corrected chi connectivity index (χ0v) is 13.5. The number of hydrogen-bond donors (Lipinski definition) is 2. The van der Waals surface area contributed by atoms with Crippen LogP contribution in [0, 0.1) is 0 Å². The van der Waals surface area contributed by atoms with Crippen molar-refractivity contribution in [3.05, 3.63) is 53.6 Å². The van der Waals surface area contributed by atoms with Gasteiger partial charge in [0.2, 0.25) is 0 Å². The summed E-state index contributed by atoms with van der Waals surface area (Å²) < 4.78 is 5.11. The van der Waals surface area contributed by atoms with Gasteiger partial charge in [-0.05, 0) is 37.5 Å². The highest BCUT2D eigenvalue weighted by Crippen LogP contribution is 2.13. The molecule has 1 aromatic carbocycles. The Morgan fingerprint density at radius 1 is 1.17 bits per heavy atom. The molecule has 0 fully saturated rings. The van der Waals surface area contributed by atoms with E-state index in [9.17, 15) is 9.59 Å². The van der Waals surface area contributed by atoms with Crippen LogP contribution in [0.5, 0.6) is 5.75 Å². The number of carbonyl (C=O) groups is 2. The van der Waals surface area contributed by atoms with Crippen molar-refractivity contribution in [2.45, 2.75) is 25.8 Å². The minimum atomic E-state index is -1.18. The second kappa shape index (κ2) is 8.05. The molecule has 0 aliphatic carbocycles. The van der Waals surface area contributed by atoms with Crippen LogP contribution in [0.2, 0.25) is 0 Å². The summed E-state index contributed by atoms with van der Waals surface area (Å²) in [7, 11) is 1.62. The van der Waals surface area contributed by atoms with E-state index in [-0.39, 0.29) is 23.3 Å². The molecule has 126 valence electrons. The van der Waals surface area contributed by atoms with Gasteiger partial charge in [0, 0.05) is 6.04 Å². The molecule has 2 aromatic rings. The number of nitrogens with zero attached hydrogens (tertiary/aromatic N) is 2. The molecular weight excluding hydrogens is 310 g/mol. The van der Waals surface area contributed by atoms with Crippen LogP contribution in [0.15, 0.2) is 36.7 Å². The lowest BCUT2D eigenvalue weighted by molar-refractivity contribution is 0.0689. The molecule has 2 N–H and O–H groups in total. The molecule has 1 unspecified atom stereocenters. The number of carboxylic acid groups (broad SMARTS) is 1. The maximum atomic E-state index is 12.1. The highest BCUT2D eigenvalue weighted by Gasteiger charge is 2.13. The highest BCUT2D eigenvalue weighted by atomic mass is 16.5. The van der Waals surface area contributed by atoms with E-state index in [1.165, 1.54) is 0 Å². The molecule has 1 atom stereocenters. The van der Waals surface area contributed by atoms with Crippen LogP contribution in [0.3, 0.4) is 0 Å². The lowest BCUT2D eigenvalue weighted by Crippen LogP contribution is -2.33. The Labute approximate surface area is 139 Å². The molecule has 0 aliphatic rings. The van der Waals surface area contributed by atoms with E-state index >= 15 is 0 Å². The van der Waals surface area contributed by atoms with Crippen molar-refractivity contribution >= 4 is 11.9 Å². The number of aromatic carboxylic acids is 1. The Morgan fingerprint density at radius 2 is 1.79 bits per heavy atom. The SMILES string of the molecule is COc1ccc(CCC(C)NC(=O)c2cnc(C(=O)O)cn2)cc1. The van der Waals surface area contributed by atoms with E-state index < -0.39 is 5.97 Å². The first-order chi connectivity index (χ1) is 11.5. The number of methoxy groups -OCH3 is 1. The monoisotopic (exact) mass is 329 g/mol. The maximum absolute atomic E-state index is 12.1. The number of ether oxygens (including phenoxy) is 1. The molecule has 0 bridgehead atoms. The average molecular weight is 329 g/mol. The Bertz CT molecular complexity index is 699. The standard InChI is InChI=1S/C17H19N3O4/c1-11(3-4-12-5-7-13(24-2)8-6-12)20-16(21)14-9-19-15(10-18-14)17(22)23/h5-11H,3-4H2,1-2H3,(H,20,21)(H,22,23). The molecule has 1 amide bonds. The first-order valence-electron chi connectivity index (χ1n) is 7.48. The number of amides is 1. The van der Waals surface area contributed by atoms with Crippen LogP contribution in [0.1, 0.15) is 39.9 Å². The normalized spacial score (nSPS) is 11.6. The summed E-state index contributed by atoms with van der Waals surface area (Å²) in [6, 6.07) is 7.73. The average Bonchev–Trinajstić information content (AvgIpc) is 2.60. The molecule has 1 heterocycles. The number of rotatable bonds is 7. The van der Waals surface area contributed by atoms with E-state index in [4.69, 9.17) is 9.84 Å². The van der Waals surface area contributed by atoms with Gasteiger partial charge in [0.1, 0.15) is 11.4 Å². The lowest BCUT2D eigenvalue weighted by atomic mass is 10.1. The third-order valence-corrected chi connectivity index (χ3v) is 3.51. The molecule has 1 aromatic heterocycles. The van der Waals surface area contributed by atoms with Crippen LogP contribution < -0.4 is 10.1 Å². The van der Waals surface area contributed by atoms with Gasteiger partial charge in [-0.15, -0.1) is 0 Å². The van der Waals surface area contributed by atoms with Crippen LogP contribution in [0.4, 0.5) is 0 Å². The largest absolute Gasteiger partial charge is 0.497 e. The zero-order chi connectivity index (χ0) is 17.5. The molecule has 0 spiro atoms. The maximum Gasteiger partial charge on any atom is 0.356 e. The Hall–Kier alpha value is -2.96. The first kappa shape index (κ1) is 17.4. The van der Waals surface area contributed by atoms with E-state index in [2.05, 4.69) is 15.3 Å². The minimum Gasteiger partial charge on any atom is -0.497 e. The van der Waals surface area contributed by atoms with Gasteiger partial charge < -0.3 is 15.2 Å². The Balaban J connectivity index is 1.85. The fourth-order valence-corrected chi connectivity index (χ4v) is 2.10. The number of hydrogen-bond acceptors (Lipinski definition) is 5. The van der Waals surface area contributed by atoms with Gasteiger partial charge in [-0.2, -0.15) is 0 Å². The third kappa shape index (κ3) is 4.77. The van der Waals surface area contributed by atoms with Gasteiger partial charge in [0.25, 0.3) is 5.91 Å². The number of nitrogens with one attached hydrogen (secondary N) is 1. The second-order valence-electron chi connectivity index (χ2n) is 5.35. The smallest absolute Gasteiger partial charge is 0.356 e. The summed E-state index contributed by atoms with van der Waals surface area (Å²) >= 11 is 0. The van der Waals surface area contributed by atoms with Crippen LogP contribution in [0.25, 0.3) is 0 Å². The molecule has 7 heteroatoms. The predicted molar refractivity (Wildman–Crippen MR) is 87.2 cm³/mol. The number of carbonyl (C=O) groups excluding carboxylic acids is 1. The van der Waals surface area contributed by atoms with Crippen molar-refractivity contribution in [2.75, 3.05) is 7.11 Å². The zero-order valence-electron chi connectivity index (χ0n) is 13.5. The summed E-state index contributed by atoms with van der Waals surface area (Å²) in [5, 5.41) is 11.6. The lowest BCUT2D eigenvalue weighted by Gasteiger charge is -2.13. The van der Waals surface area contributed by atoms with E-state index in [0.29, 0.717) is 0 Å². The number of aryl methyl sites for hydroxylation is 1. The number of carboxylic acids is 1. The quantitative estimate of drug-likeness (QED) is 0.805. The summed E-state index contributed by atoms with van der Waals surface area (Å²) in [6.45, 7) is 1.90. The van der Waals surface area contributed by atoms with Gasteiger partial charge in [0.15, 0.2) is 5.69 Å². The third-order valence-electron chi connectivity index (χ3n) is 3.51. The molecule has 0 aliphatic heterocycles. The van der Waals surface area contributed by atoms with Gasteiger partial charge in [0.05, 0.1) is 19.5 Å². The molecule has 2 rings (SSSR count). The van der Waals surface area contributed by atoms with Crippen molar-refractivity contribution in [3.63, 3.8) is 0 Å². The fourth-order valence-electron chi connectivity index (χ4n) is 2.10. The molecular formula is C17H19N3O4. The summed E-state index contributed by atoms with van der Waals surface area (Å²) in [4.78, 5) is 30.3. The van der Waals surface area contributed by atoms with Crippen LogP contribution in [-0.4, -0.2) is 40.1 Å². The molecule has 24 heavy (non-hydrogen) atoms. The van der Waals surface area contributed by atoms with Crippen molar-refractivity contribution in [1.29, 1.82) is 0 Å². The first-order valence-corrected chi connectivity index (χ1v) is 7.48. The Kier molecular flexibility index (Phi) is 5.83. The predicted octanol–water partition coefficient (Wildman–Crippen LogP) is 1.93. The summed E-state index contributed by atoms with van der Waals surface area (Å²) in [5.74, 6) is -0.743. The topological polar surface area (TPSA) is 101 Å². The number of benzene rings is 1. The van der Waals surface area contributed by atoms with E-state index in [1.807, 2.05) is 31.2 Å². The molecule has 0 saturated carbocycles. The summed E-state index contributed by atoms with van der Waals surface area (Å²) in [5.41, 5.74) is 1.05. The minimum absolute atomic E-state index is 0.0550. The van der Waals surface area contributed by atoms with E-state index in [1.54, 1.807) is 7.11 Å². The van der Waals surface area contributed by atoms with Gasteiger partial charge >= 0.3 is 5.97 Å². The Morgan fingerprint density at radius 3 is 2.33 bits per heavy atom. The van der Waals surface area contributed by atoms with Crippen molar-refractivity contribution in [3.8, 4) is 5.75 Å². The summed E-state index contributed by atoms with van der Waals surface area (Å²) in [6.07, 6.45) is 3.81. The van der Waals surface area contributed by atoms with Crippen LogP contribution in [-0.2, 0) is 6.42 Å². The van der Waals surface area contributed by atoms with Crippen LogP contribution >= 0.6 is 0 Å². The van der Waals surface area contributed by atoms with Gasteiger partial charge in [-0.3, -0.25) is 4.79 Å². The van der Waals surface area contributed by atoms with Gasteiger partial charge in [-0.1, -0.05) is 12.1 Å². The molecule has 0 saturated heterocycles. The van der Waals surface area contributed by atoms with Crippen molar-refractivity contribution in [1.82, 2.24) is 15.3 Å². The molecule has 7 nitrogen and oxygen atoms in total. The van der Waals surface area contributed by atoms with Crippen molar-refractivity contribution < 1.29 is 19.4 Å². The number of aromatic nitrogens is 2.